The average molecular weight is 350 g/mol. The quantitative estimate of drug-likeness (QED) is 0.810. The Morgan fingerprint density at radius 2 is 2.00 bits per heavy atom. The number of amides is 1. The van der Waals surface area contributed by atoms with Crippen molar-refractivity contribution in [1.29, 1.82) is 0 Å². The number of carbonyl (C=O) groups excluding carboxylic acids is 1. The topological polar surface area (TPSA) is 90.1 Å². The van der Waals surface area contributed by atoms with Crippen LogP contribution in [0.15, 0.2) is 36.7 Å². The third-order valence-electron chi connectivity index (χ3n) is 4.18. The fourth-order valence-corrected chi connectivity index (χ4v) is 2.91. The maximum atomic E-state index is 12.6. The summed E-state index contributed by atoms with van der Waals surface area (Å²) >= 11 is 0. The van der Waals surface area contributed by atoms with Gasteiger partial charge in [-0.25, -0.2) is 9.97 Å². The van der Waals surface area contributed by atoms with Gasteiger partial charge in [0, 0.05) is 36.2 Å². The van der Waals surface area contributed by atoms with Gasteiger partial charge in [-0.05, 0) is 44.9 Å². The van der Waals surface area contributed by atoms with E-state index in [4.69, 9.17) is 10.5 Å². The number of anilines is 1. The maximum absolute atomic E-state index is 12.6. The van der Waals surface area contributed by atoms with Crippen LogP contribution in [-0.4, -0.2) is 34.1 Å². The predicted octanol–water partition coefficient (Wildman–Crippen LogP) is 2.15. The minimum Gasteiger partial charge on any atom is -0.375 e. The molecule has 1 fully saturated rings. The van der Waals surface area contributed by atoms with Gasteiger partial charge >= 0.3 is 0 Å². The van der Waals surface area contributed by atoms with Gasteiger partial charge in [0.2, 0.25) is 5.95 Å². The van der Waals surface area contributed by atoms with Crippen molar-refractivity contribution in [3.8, 4) is 11.8 Å². The van der Waals surface area contributed by atoms with Crippen molar-refractivity contribution < 1.29 is 9.53 Å². The highest BCUT2D eigenvalue weighted by atomic mass is 16.5. The van der Waals surface area contributed by atoms with Gasteiger partial charge in [0.05, 0.1) is 11.2 Å². The minimum atomic E-state index is -0.204. The number of nitrogens with zero attached hydrogens (tertiary/aromatic N) is 2. The molecule has 0 radical (unpaired) electrons. The van der Waals surface area contributed by atoms with Gasteiger partial charge in [0.15, 0.2) is 0 Å². The molecule has 6 heteroatoms. The van der Waals surface area contributed by atoms with Crippen molar-refractivity contribution in [2.45, 2.75) is 38.3 Å². The fourth-order valence-electron chi connectivity index (χ4n) is 2.91. The molecule has 0 spiro atoms. The van der Waals surface area contributed by atoms with Crippen LogP contribution in [0.25, 0.3) is 0 Å². The normalized spacial score (nSPS) is 18.5. The zero-order chi connectivity index (χ0) is 18.6. The highest BCUT2D eigenvalue weighted by Crippen LogP contribution is 2.24. The first kappa shape index (κ1) is 17.9. The van der Waals surface area contributed by atoms with Crippen molar-refractivity contribution in [3.05, 3.63) is 53.3 Å². The van der Waals surface area contributed by atoms with E-state index in [0.29, 0.717) is 17.7 Å². The van der Waals surface area contributed by atoms with E-state index in [0.717, 1.165) is 18.4 Å². The summed E-state index contributed by atoms with van der Waals surface area (Å²) in [6, 6.07) is 7.38. The standard InChI is InChI=1S/C20H22N4O2/c1-20(2)11-17(8-9-26-20)24-18(25)16-5-3-4-14(10-16)6-7-15-12-22-19(21)23-13-15/h3-5,10,12-13,17H,8-9,11H2,1-2H3,(H,24,25)(H2,21,22,23). The summed E-state index contributed by atoms with van der Waals surface area (Å²) in [6.45, 7) is 4.75. The molecule has 1 aliphatic rings. The monoisotopic (exact) mass is 350 g/mol. The third-order valence-corrected chi connectivity index (χ3v) is 4.18. The predicted molar refractivity (Wildman–Crippen MR) is 99.4 cm³/mol. The number of benzene rings is 1. The number of nitrogens with one attached hydrogen (secondary N) is 1. The summed E-state index contributed by atoms with van der Waals surface area (Å²) in [7, 11) is 0. The summed E-state index contributed by atoms with van der Waals surface area (Å²) in [5, 5.41) is 3.10. The van der Waals surface area contributed by atoms with Crippen LogP contribution in [0.3, 0.4) is 0 Å². The van der Waals surface area contributed by atoms with Crippen LogP contribution in [0.1, 0.15) is 48.2 Å². The fraction of sp³-hybridized carbons (Fsp3) is 0.350. The van der Waals surface area contributed by atoms with Gasteiger partial charge in [-0.3, -0.25) is 4.79 Å². The lowest BCUT2D eigenvalue weighted by atomic mass is 9.93. The molecule has 1 unspecified atom stereocenters. The van der Waals surface area contributed by atoms with Gasteiger partial charge in [0.25, 0.3) is 5.91 Å². The maximum Gasteiger partial charge on any atom is 0.251 e. The van der Waals surface area contributed by atoms with Crippen molar-refractivity contribution >= 4 is 11.9 Å². The SMILES string of the molecule is CC1(C)CC(NC(=O)c2cccc(C#Cc3cnc(N)nc3)c2)CCO1. The van der Waals surface area contributed by atoms with E-state index in [1.54, 1.807) is 24.5 Å². The van der Waals surface area contributed by atoms with Gasteiger partial charge < -0.3 is 15.8 Å². The van der Waals surface area contributed by atoms with Gasteiger partial charge in [-0.2, -0.15) is 0 Å². The minimum absolute atomic E-state index is 0.0906. The van der Waals surface area contributed by atoms with Crippen LogP contribution in [0.2, 0.25) is 0 Å². The molecule has 2 heterocycles. The Labute approximate surface area is 153 Å². The highest BCUT2D eigenvalue weighted by molar-refractivity contribution is 5.94. The second kappa shape index (κ2) is 7.54. The van der Waals surface area contributed by atoms with Gasteiger partial charge in [-0.15, -0.1) is 0 Å². The van der Waals surface area contributed by atoms with Crippen LogP contribution < -0.4 is 11.1 Å². The van der Waals surface area contributed by atoms with E-state index in [9.17, 15) is 4.79 Å². The Hall–Kier alpha value is -2.91. The molecule has 3 N–H and O–H groups in total. The molecule has 3 rings (SSSR count). The lowest BCUT2D eigenvalue weighted by molar-refractivity contribution is -0.0615. The second-order valence-corrected chi connectivity index (χ2v) is 6.93. The number of hydrogen-bond donors (Lipinski definition) is 2. The summed E-state index contributed by atoms with van der Waals surface area (Å²) in [5.74, 6) is 6.11. The Morgan fingerprint density at radius 3 is 2.73 bits per heavy atom. The molecule has 0 saturated carbocycles. The number of carbonyl (C=O) groups is 1. The summed E-state index contributed by atoms with van der Waals surface area (Å²) < 4.78 is 5.70. The number of aromatic nitrogens is 2. The molecule has 1 amide bonds. The molecule has 134 valence electrons. The molecule has 1 atom stereocenters. The first-order valence-electron chi connectivity index (χ1n) is 8.56. The number of rotatable bonds is 2. The van der Waals surface area contributed by atoms with Gasteiger partial charge in [-0.1, -0.05) is 17.9 Å². The van der Waals surface area contributed by atoms with E-state index in [1.165, 1.54) is 0 Å². The Bertz CT molecular complexity index is 850. The lowest BCUT2D eigenvalue weighted by Gasteiger charge is -2.35. The summed E-state index contributed by atoms with van der Waals surface area (Å²) in [5.41, 5.74) is 7.26. The average Bonchev–Trinajstić information content (AvgIpc) is 2.60. The number of hydrogen-bond acceptors (Lipinski definition) is 5. The molecule has 2 aromatic rings. The zero-order valence-corrected chi connectivity index (χ0v) is 15.0. The third kappa shape index (κ3) is 4.80. The van der Waals surface area contributed by atoms with Crippen molar-refractivity contribution in [3.63, 3.8) is 0 Å². The lowest BCUT2D eigenvalue weighted by Crippen LogP contribution is -2.45. The first-order valence-corrected chi connectivity index (χ1v) is 8.56. The molecule has 1 aromatic carbocycles. The Balaban J connectivity index is 1.69. The van der Waals surface area contributed by atoms with E-state index in [1.807, 2.05) is 26.0 Å². The van der Waals surface area contributed by atoms with E-state index < -0.39 is 0 Å². The van der Waals surface area contributed by atoms with Crippen LogP contribution >= 0.6 is 0 Å². The first-order chi connectivity index (χ1) is 12.4. The number of nitrogens with two attached hydrogens (primary N) is 1. The molecule has 1 saturated heterocycles. The van der Waals surface area contributed by atoms with Crippen LogP contribution in [0, 0.1) is 11.8 Å². The zero-order valence-electron chi connectivity index (χ0n) is 15.0. The van der Waals surface area contributed by atoms with Crippen LogP contribution in [0.4, 0.5) is 5.95 Å². The molecule has 0 aliphatic carbocycles. The molecular formula is C20H22N4O2. The molecule has 6 nitrogen and oxygen atoms in total. The molecule has 1 aliphatic heterocycles. The Kier molecular flexibility index (Phi) is 5.19. The molecule has 1 aromatic heterocycles. The number of ether oxygens (including phenoxy) is 1. The van der Waals surface area contributed by atoms with Crippen LogP contribution in [0.5, 0.6) is 0 Å². The molecular weight excluding hydrogens is 328 g/mol. The Morgan fingerprint density at radius 1 is 1.27 bits per heavy atom. The highest BCUT2D eigenvalue weighted by Gasteiger charge is 2.29. The second-order valence-electron chi connectivity index (χ2n) is 6.93. The molecule has 0 bridgehead atoms. The van der Waals surface area contributed by atoms with Crippen LogP contribution in [-0.2, 0) is 4.74 Å². The smallest absolute Gasteiger partial charge is 0.251 e. The summed E-state index contributed by atoms with van der Waals surface area (Å²) in [6.07, 6.45) is 4.76. The summed E-state index contributed by atoms with van der Waals surface area (Å²) in [4.78, 5) is 20.4. The van der Waals surface area contributed by atoms with E-state index in [-0.39, 0.29) is 23.5 Å². The largest absolute Gasteiger partial charge is 0.375 e. The van der Waals surface area contributed by atoms with E-state index >= 15 is 0 Å². The van der Waals surface area contributed by atoms with Crippen molar-refractivity contribution in [2.24, 2.45) is 0 Å². The van der Waals surface area contributed by atoms with Crippen molar-refractivity contribution in [2.75, 3.05) is 12.3 Å². The van der Waals surface area contributed by atoms with Gasteiger partial charge in [0.1, 0.15) is 0 Å². The van der Waals surface area contributed by atoms with Crippen molar-refractivity contribution in [1.82, 2.24) is 15.3 Å². The number of nitrogen functional groups attached to an aromatic ring is 1. The molecule has 26 heavy (non-hydrogen) atoms. The van der Waals surface area contributed by atoms with E-state index in [2.05, 4.69) is 27.1 Å².